The molecule has 3 heteroatoms. The zero-order chi connectivity index (χ0) is 13.7. The quantitative estimate of drug-likeness (QED) is 0.895. The van der Waals surface area contributed by atoms with Gasteiger partial charge in [-0.25, -0.2) is 0 Å². The van der Waals surface area contributed by atoms with Crippen LogP contribution in [0.25, 0.3) is 0 Å². The van der Waals surface area contributed by atoms with Crippen LogP contribution in [0, 0.1) is 6.92 Å². The lowest BCUT2D eigenvalue weighted by molar-refractivity contribution is 0.171. The number of aliphatic hydroxyl groups is 1. The highest BCUT2D eigenvalue weighted by Gasteiger charge is 2.14. The molecule has 1 unspecified atom stereocenters. The van der Waals surface area contributed by atoms with Gasteiger partial charge < -0.3 is 9.84 Å². The third kappa shape index (κ3) is 3.55. The molecule has 1 heterocycles. The first-order valence-corrected chi connectivity index (χ1v) is 6.52. The van der Waals surface area contributed by atoms with Crippen molar-refractivity contribution >= 4 is 0 Å². The Kier molecular flexibility index (Phi) is 4.53. The summed E-state index contributed by atoms with van der Waals surface area (Å²) in [6.45, 7) is 4.52. The van der Waals surface area contributed by atoms with Crippen LogP contribution in [0.3, 0.4) is 0 Å². The predicted octanol–water partition coefficient (Wildman–Crippen LogP) is 3.06. The van der Waals surface area contributed by atoms with Crippen molar-refractivity contribution < 1.29 is 9.84 Å². The molecule has 0 aliphatic heterocycles. The summed E-state index contributed by atoms with van der Waals surface area (Å²) in [5, 5.41) is 10.3. The third-order valence-electron chi connectivity index (χ3n) is 2.95. The first kappa shape index (κ1) is 13.6. The predicted molar refractivity (Wildman–Crippen MR) is 75.2 cm³/mol. The molecular weight excluding hydrogens is 238 g/mol. The molecule has 19 heavy (non-hydrogen) atoms. The molecule has 1 N–H and O–H groups in total. The molecule has 0 bridgehead atoms. The first-order chi connectivity index (χ1) is 9.20. The minimum absolute atomic E-state index is 0.490. The Morgan fingerprint density at radius 3 is 2.68 bits per heavy atom. The molecule has 0 amide bonds. The molecule has 0 fully saturated rings. The number of benzene rings is 1. The van der Waals surface area contributed by atoms with Gasteiger partial charge >= 0.3 is 0 Å². The Bertz CT molecular complexity index is 523. The van der Waals surface area contributed by atoms with E-state index < -0.39 is 6.10 Å². The van der Waals surface area contributed by atoms with Crippen LogP contribution in [0.4, 0.5) is 0 Å². The van der Waals surface area contributed by atoms with E-state index in [9.17, 15) is 5.11 Å². The van der Waals surface area contributed by atoms with Gasteiger partial charge in [0.1, 0.15) is 5.75 Å². The second-order valence-corrected chi connectivity index (χ2v) is 4.52. The van der Waals surface area contributed by atoms with Gasteiger partial charge in [0, 0.05) is 23.9 Å². The highest BCUT2D eigenvalue weighted by molar-refractivity contribution is 5.35. The van der Waals surface area contributed by atoms with Gasteiger partial charge in [0.25, 0.3) is 0 Å². The zero-order valence-corrected chi connectivity index (χ0v) is 11.3. The molecule has 0 saturated carbocycles. The molecule has 0 aliphatic carbocycles. The fourth-order valence-corrected chi connectivity index (χ4v) is 1.97. The van der Waals surface area contributed by atoms with Crippen molar-refractivity contribution in [1.82, 2.24) is 4.98 Å². The van der Waals surface area contributed by atoms with Crippen LogP contribution in [0.5, 0.6) is 5.75 Å². The maximum absolute atomic E-state index is 10.3. The lowest BCUT2D eigenvalue weighted by Crippen LogP contribution is -2.06. The maximum atomic E-state index is 10.3. The van der Waals surface area contributed by atoms with E-state index in [2.05, 4.69) is 4.98 Å². The van der Waals surface area contributed by atoms with Crippen LogP contribution in [0.1, 0.15) is 29.8 Å². The summed E-state index contributed by atoms with van der Waals surface area (Å²) >= 11 is 0. The molecule has 0 aliphatic rings. The number of aliphatic hydroxyl groups excluding tert-OH is 1. The van der Waals surface area contributed by atoms with Gasteiger partial charge in [-0.3, -0.25) is 4.98 Å². The Labute approximate surface area is 113 Å². The van der Waals surface area contributed by atoms with Crippen LogP contribution >= 0.6 is 0 Å². The standard InChI is InChI=1S/C16H19NO2/c1-3-19-16-7-5-4-6-14(16)15(18)10-13-9-8-12(2)11-17-13/h4-9,11,15,18H,3,10H2,1-2H3. The SMILES string of the molecule is CCOc1ccccc1C(O)Cc1ccc(C)cn1. The summed E-state index contributed by atoms with van der Waals surface area (Å²) in [6.07, 6.45) is 1.71. The van der Waals surface area contributed by atoms with Crippen molar-refractivity contribution in [3.63, 3.8) is 0 Å². The summed E-state index contributed by atoms with van der Waals surface area (Å²) in [5.41, 5.74) is 2.81. The molecule has 1 aromatic heterocycles. The minimum atomic E-state index is -0.599. The second-order valence-electron chi connectivity index (χ2n) is 4.52. The topological polar surface area (TPSA) is 42.4 Å². The van der Waals surface area contributed by atoms with Crippen LogP contribution in [0.15, 0.2) is 42.6 Å². The van der Waals surface area contributed by atoms with Gasteiger partial charge in [0.2, 0.25) is 0 Å². The van der Waals surface area contributed by atoms with E-state index in [0.29, 0.717) is 13.0 Å². The van der Waals surface area contributed by atoms with Crippen molar-refractivity contribution in [1.29, 1.82) is 0 Å². The van der Waals surface area contributed by atoms with Crippen LogP contribution < -0.4 is 4.74 Å². The normalized spacial score (nSPS) is 12.2. The summed E-state index contributed by atoms with van der Waals surface area (Å²) in [6, 6.07) is 11.5. The lowest BCUT2D eigenvalue weighted by atomic mass is 10.0. The van der Waals surface area contributed by atoms with Crippen molar-refractivity contribution in [2.24, 2.45) is 0 Å². The molecule has 3 nitrogen and oxygen atoms in total. The monoisotopic (exact) mass is 257 g/mol. The Hall–Kier alpha value is -1.87. The molecule has 100 valence electrons. The largest absolute Gasteiger partial charge is 0.493 e. The summed E-state index contributed by atoms with van der Waals surface area (Å²) in [4.78, 5) is 4.32. The highest BCUT2D eigenvalue weighted by Crippen LogP contribution is 2.27. The van der Waals surface area contributed by atoms with E-state index in [-0.39, 0.29) is 0 Å². The number of ether oxygens (including phenoxy) is 1. The van der Waals surface area contributed by atoms with E-state index in [1.54, 1.807) is 0 Å². The van der Waals surface area contributed by atoms with Crippen molar-refractivity contribution in [2.45, 2.75) is 26.4 Å². The van der Waals surface area contributed by atoms with Gasteiger partial charge in [-0.05, 0) is 31.5 Å². The Morgan fingerprint density at radius 2 is 2.00 bits per heavy atom. The van der Waals surface area contributed by atoms with E-state index in [4.69, 9.17) is 4.74 Å². The van der Waals surface area contributed by atoms with Crippen LogP contribution in [-0.2, 0) is 6.42 Å². The smallest absolute Gasteiger partial charge is 0.125 e. The number of para-hydroxylation sites is 1. The average Bonchev–Trinajstić information content (AvgIpc) is 2.42. The fourth-order valence-electron chi connectivity index (χ4n) is 1.97. The summed E-state index contributed by atoms with van der Waals surface area (Å²) in [5.74, 6) is 0.740. The van der Waals surface area contributed by atoms with Gasteiger partial charge in [-0.1, -0.05) is 24.3 Å². The van der Waals surface area contributed by atoms with Crippen LogP contribution in [0.2, 0.25) is 0 Å². The van der Waals surface area contributed by atoms with Gasteiger partial charge in [-0.2, -0.15) is 0 Å². The third-order valence-corrected chi connectivity index (χ3v) is 2.95. The summed E-state index contributed by atoms with van der Waals surface area (Å²) in [7, 11) is 0. The highest BCUT2D eigenvalue weighted by atomic mass is 16.5. The molecule has 0 radical (unpaired) electrons. The molecule has 0 spiro atoms. The molecule has 0 saturated heterocycles. The molecular formula is C16H19NO2. The number of rotatable bonds is 5. The lowest BCUT2D eigenvalue weighted by Gasteiger charge is -2.15. The summed E-state index contributed by atoms with van der Waals surface area (Å²) < 4.78 is 5.53. The molecule has 1 atom stereocenters. The Balaban J connectivity index is 2.15. The number of aromatic nitrogens is 1. The molecule has 2 aromatic rings. The maximum Gasteiger partial charge on any atom is 0.125 e. The number of nitrogens with zero attached hydrogens (tertiary/aromatic N) is 1. The van der Waals surface area contributed by atoms with E-state index in [1.165, 1.54) is 0 Å². The van der Waals surface area contributed by atoms with Gasteiger partial charge in [0.05, 0.1) is 12.7 Å². The van der Waals surface area contributed by atoms with Crippen molar-refractivity contribution in [2.75, 3.05) is 6.61 Å². The van der Waals surface area contributed by atoms with E-state index in [1.807, 2.05) is 56.4 Å². The minimum Gasteiger partial charge on any atom is -0.493 e. The number of hydrogen-bond acceptors (Lipinski definition) is 3. The van der Waals surface area contributed by atoms with Crippen molar-refractivity contribution in [3.05, 3.63) is 59.4 Å². The first-order valence-electron chi connectivity index (χ1n) is 6.52. The number of pyridine rings is 1. The second kappa shape index (κ2) is 6.34. The zero-order valence-electron chi connectivity index (χ0n) is 11.3. The number of aryl methyl sites for hydroxylation is 1. The molecule has 2 rings (SSSR count). The van der Waals surface area contributed by atoms with Crippen molar-refractivity contribution in [3.8, 4) is 5.75 Å². The fraction of sp³-hybridized carbons (Fsp3) is 0.312. The van der Waals surface area contributed by atoms with E-state index >= 15 is 0 Å². The Morgan fingerprint density at radius 1 is 1.21 bits per heavy atom. The molecule has 1 aromatic carbocycles. The van der Waals surface area contributed by atoms with Gasteiger partial charge in [0.15, 0.2) is 0 Å². The van der Waals surface area contributed by atoms with E-state index in [0.717, 1.165) is 22.6 Å². The van der Waals surface area contributed by atoms with Gasteiger partial charge in [-0.15, -0.1) is 0 Å². The number of hydrogen-bond donors (Lipinski definition) is 1. The average molecular weight is 257 g/mol. The van der Waals surface area contributed by atoms with Crippen LogP contribution in [-0.4, -0.2) is 16.7 Å².